The van der Waals surface area contributed by atoms with E-state index in [1.165, 1.54) is 0 Å². The quantitative estimate of drug-likeness (QED) is 0.430. The van der Waals surface area contributed by atoms with Crippen molar-refractivity contribution in [1.29, 1.82) is 0 Å². The molecule has 0 aliphatic heterocycles. The van der Waals surface area contributed by atoms with E-state index < -0.39 is 0 Å². The molecule has 2 N–H and O–H groups in total. The van der Waals surface area contributed by atoms with E-state index in [1.807, 2.05) is 55.5 Å². The van der Waals surface area contributed by atoms with Crippen LogP contribution in [0.5, 0.6) is 5.75 Å². The molecule has 0 radical (unpaired) electrons. The van der Waals surface area contributed by atoms with E-state index in [4.69, 9.17) is 17.0 Å². The smallest absolute Gasteiger partial charge is 0.240 e. The molecular formula is C24H31N5O2S. The summed E-state index contributed by atoms with van der Waals surface area (Å²) in [5, 5.41) is 10.1. The number of H-pyrrole nitrogens is 1. The van der Waals surface area contributed by atoms with Crippen molar-refractivity contribution < 1.29 is 9.53 Å². The summed E-state index contributed by atoms with van der Waals surface area (Å²) >= 11 is 5.35. The Morgan fingerprint density at radius 1 is 1.19 bits per heavy atom. The fourth-order valence-corrected chi connectivity index (χ4v) is 3.67. The molecule has 1 heterocycles. The Balaban J connectivity index is 1.62. The van der Waals surface area contributed by atoms with Crippen LogP contribution in [-0.2, 0) is 17.9 Å². The molecule has 0 fully saturated rings. The number of carbonyl (C=O) groups is 1. The van der Waals surface area contributed by atoms with E-state index in [2.05, 4.69) is 34.3 Å². The van der Waals surface area contributed by atoms with E-state index in [0.29, 0.717) is 23.7 Å². The first kappa shape index (κ1) is 23.7. The molecule has 0 saturated heterocycles. The van der Waals surface area contributed by atoms with Crippen molar-refractivity contribution in [2.75, 3.05) is 26.2 Å². The van der Waals surface area contributed by atoms with Crippen molar-refractivity contribution in [3.63, 3.8) is 0 Å². The zero-order chi connectivity index (χ0) is 22.9. The van der Waals surface area contributed by atoms with Gasteiger partial charge in [0.05, 0.1) is 0 Å². The Morgan fingerprint density at radius 3 is 2.72 bits per heavy atom. The van der Waals surface area contributed by atoms with Crippen molar-refractivity contribution in [2.24, 2.45) is 0 Å². The van der Waals surface area contributed by atoms with Gasteiger partial charge in [0.15, 0.2) is 10.6 Å². The van der Waals surface area contributed by atoms with Crippen LogP contribution in [-0.4, -0.2) is 51.8 Å². The number of ether oxygens (including phenoxy) is 1. The highest BCUT2D eigenvalue weighted by atomic mass is 32.1. The van der Waals surface area contributed by atoms with Gasteiger partial charge in [0, 0.05) is 24.2 Å². The number of aryl methyl sites for hydroxylation is 1. The summed E-state index contributed by atoms with van der Waals surface area (Å²) in [6.45, 7) is 10.2. The Kier molecular flexibility index (Phi) is 8.58. The Morgan fingerprint density at radius 2 is 1.97 bits per heavy atom. The molecule has 8 heteroatoms. The van der Waals surface area contributed by atoms with Crippen LogP contribution in [0.1, 0.15) is 25.0 Å². The SMILES string of the molecule is CCN(CC)CCOc1ccccc1CNC(=O)Cn1c(-c2cccc(C)c2)n[nH]c1=S. The maximum absolute atomic E-state index is 12.7. The van der Waals surface area contributed by atoms with Gasteiger partial charge in [-0.05, 0) is 44.4 Å². The molecule has 0 spiro atoms. The van der Waals surface area contributed by atoms with Crippen molar-refractivity contribution in [2.45, 2.75) is 33.9 Å². The molecule has 0 aliphatic carbocycles. The number of likely N-dealkylation sites (N-methyl/N-ethyl adjacent to an activating group) is 1. The number of hydrogen-bond acceptors (Lipinski definition) is 5. The van der Waals surface area contributed by atoms with E-state index in [9.17, 15) is 4.79 Å². The van der Waals surface area contributed by atoms with Crippen LogP contribution in [0.15, 0.2) is 48.5 Å². The van der Waals surface area contributed by atoms with Gasteiger partial charge >= 0.3 is 0 Å². The summed E-state index contributed by atoms with van der Waals surface area (Å²) in [5.41, 5.74) is 2.97. The normalized spacial score (nSPS) is 11.0. The van der Waals surface area contributed by atoms with E-state index in [0.717, 1.165) is 42.1 Å². The minimum atomic E-state index is -0.144. The number of amides is 1. The van der Waals surface area contributed by atoms with Crippen LogP contribution in [0.25, 0.3) is 11.4 Å². The third-order valence-electron chi connectivity index (χ3n) is 5.34. The van der Waals surface area contributed by atoms with Gasteiger partial charge in [0.1, 0.15) is 18.9 Å². The highest BCUT2D eigenvalue weighted by Crippen LogP contribution is 2.19. The average Bonchev–Trinajstić information content (AvgIpc) is 3.16. The van der Waals surface area contributed by atoms with E-state index in [1.54, 1.807) is 4.57 Å². The predicted molar refractivity (Wildman–Crippen MR) is 129 cm³/mol. The molecule has 32 heavy (non-hydrogen) atoms. The lowest BCUT2D eigenvalue weighted by Gasteiger charge is -2.19. The molecule has 0 bridgehead atoms. The Hall–Kier alpha value is -2.97. The molecule has 0 saturated carbocycles. The molecule has 170 valence electrons. The predicted octanol–water partition coefficient (Wildman–Crippen LogP) is 3.95. The first-order chi connectivity index (χ1) is 15.5. The summed E-state index contributed by atoms with van der Waals surface area (Å²) in [7, 11) is 0. The van der Waals surface area contributed by atoms with Crippen LogP contribution < -0.4 is 10.1 Å². The lowest BCUT2D eigenvalue weighted by atomic mass is 10.1. The summed E-state index contributed by atoms with van der Waals surface area (Å²) in [6, 6.07) is 15.7. The van der Waals surface area contributed by atoms with Crippen LogP contribution in [0.2, 0.25) is 0 Å². The van der Waals surface area contributed by atoms with Crippen molar-refractivity contribution in [3.05, 3.63) is 64.4 Å². The number of nitrogens with one attached hydrogen (secondary N) is 2. The van der Waals surface area contributed by atoms with Gasteiger partial charge in [0.25, 0.3) is 0 Å². The minimum absolute atomic E-state index is 0.0869. The monoisotopic (exact) mass is 453 g/mol. The maximum atomic E-state index is 12.7. The van der Waals surface area contributed by atoms with Crippen LogP contribution in [0.4, 0.5) is 0 Å². The van der Waals surface area contributed by atoms with Gasteiger partial charge in [-0.3, -0.25) is 14.5 Å². The largest absolute Gasteiger partial charge is 0.492 e. The number of benzene rings is 2. The Labute approximate surface area is 194 Å². The average molecular weight is 454 g/mol. The molecule has 3 rings (SSSR count). The molecular weight excluding hydrogens is 422 g/mol. The van der Waals surface area contributed by atoms with Crippen LogP contribution in [0, 0.1) is 11.7 Å². The lowest BCUT2D eigenvalue weighted by Crippen LogP contribution is -2.29. The summed E-state index contributed by atoms with van der Waals surface area (Å²) in [6.07, 6.45) is 0. The fourth-order valence-electron chi connectivity index (χ4n) is 3.48. The van der Waals surface area contributed by atoms with Gasteiger partial charge in [-0.25, -0.2) is 0 Å². The van der Waals surface area contributed by atoms with E-state index >= 15 is 0 Å². The summed E-state index contributed by atoms with van der Waals surface area (Å²) < 4.78 is 8.11. The molecule has 3 aromatic rings. The van der Waals surface area contributed by atoms with Gasteiger partial charge in [-0.15, -0.1) is 0 Å². The van der Waals surface area contributed by atoms with Gasteiger partial charge < -0.3 is 15.0 Å². The fraction of sp³-hybridized carbons (Fsp3) is 0.375. The number of carbonyl (C=O) groups excluding carboxylic acids is 1. The highest BCUT2D eigenvalue weighted by molar-refractivity contribution is 7.71. The Bertz CT molecular complexity index is 1090. The van der Waals surface area contributed by atoms with Crippen molar-refractivity contribution in [1.82, 2.24) is 25.0 Å². The summed E-state index contributed by atoms with van der Waals surface area (Å²) in [5.74, 6) is 1.30. The first-order valence-corrected chi connectivity index (χ1v) is 11.3. The number of nitrogens with zero attached hydrogens (tertiary/aromatic N) is 3. The molecule has 1 aromatic heterocycles. The summed E-state index contributed by atoms with van der Waals surface area (Å²) in [4.78, 5) is 15.0. The molecule has 2 aromatic carbocycles. The number of aromatic nitrogens is 3. The zero-order valence-electron chi connectivity index (χ0n) is 18.9. The molecule has 1 amide bonds. The molecule has 0 aliphatic rings. The third kappa shape index (κ3) is 6.27. The minimum Gasteiger partial charge on any atom is -0.492 e. The lowest BCUT2D eigenvalue weighted by molar-refractivity contribution is -0.121. The number of para-hydroxylation sites is 1. The first-order valence-electron chi connectivity index (χ1n) is 10.9. The van der Waals surface area contributed by atoms with Gasteiger partial charge in [-0.1, -0.05) is 55.8 Å². The highest BCUT2D eigenvalue weighted by Gasteiger charge is 2.13. The van der Waals surface area contributed by atoms with Gasteiger partial charge in [-0.2, -0.15) is 5.10 Å². The number of aromatic amines is 1. The number of hydrogen-bond donors (Lipinski definition) is 2. The number of rotatable bonds is 11. The second-order valence-electron chi connectivity index (χ2n) is 7.57. The topological polar surface area (TPSA) is 75.2 Å². The standard InChI is InChI=1S/C24H31N5O2S/c1-4-28(5-2)13-14-31-21-12-7-6-10-20(21)16-25-22(30)17-29-23(26-27-24(29)32)19-11-8-9-18(3)15-19/h6-12,15H,4-5,13-14,16-17H2,1-3H3,(H,25,30)(H,27,32). The van der Waals surface area contributed by atoms with Gasteiger partial charge in [0.2, 0.25) is 5.91 Å². The molecule has 7 nitrogen and oxygen atoms in total. The zero-order valence-corrected chi connectivity index (χ0v) is 19.7. The maximum Gasteiger partial charge on any atom is 0.240 e. The van der Waals surface area contributed by atoms with E-state index in [-0.39, 0.29) is 12.5 Å². The second-order valence-corrected chi connectivity index (χ2v) is 7.95. The second kappa shape index (κ2) is 11.6. The van der Waals surface area contributed by atoms with Crippen molar-refractivity contribution >= 4 is 18.1 Å². The van der Waals surface area contributed by atoms with Crippen LogP contribution >= 0.6 is 12.2 Å². The van der Waals surface area contributed by atoms with Crippen LogP contribution in [0.3, 0.4) is 0 Å². The van der Waals surface area contributed by atoms with Crippen molar-refractivity contribution in [3.8, 4) is 17.1 Å². The molecule has 0 atom stereocenters. The third-order valence-corrected chi connectivity index (χ3v) is 5.66. The molecule has 0 unspecified atom stereocenters.